The second-order valence-electron chi connectivity index (χ2n) is 6.96. The predicted molar refractivity (Wildman–Crippen MR) is 105 cm³/mol. The standard InChI is InChI=1S/C19H28N4OS/c1-5-6-10-22(4)19(24)16-13(2)15-17(23-11-8-7-9-12-23)20-14(3)21-18(15)25-16/h5-12H2,1-4H3. The number of fused-ring (bicyclic) bond motifs is 1. The molecule has 1 amide bonds. The number of carbonyl (C=O) groups excluding carboxylic acids is 1. The number of amides is 1. The van der Waals surface area contributed by atoms with Crippen molar-refractivity contribution in [1.82, 2.24) is 14.9 Å². The van der Waals surface area contributed by atoms with E-state index < -0.39 is 0 Å². The lowest BCUT2D eigenvalue weighted by molar-refractivity contribution is 0.0797. The number of anilines is 1. The summed E-state index contributed by atoms with van der Waals surface area (Å²) in [6.45, 7) is 9.02. The van der Waals surface area contributed by atoms with Gasteiger partial charge in [-0.3, -0.25) is 4.79 Å². The maximum absolute atomic E-state index is 12.9. The Morgan fingerprint density at radius 2 is 1.92 bits per heavy atom. The topological polar surface area (TPSA) is 49.3 Å². The number of aromatic nitrogens is 2. The van der Waals surface area contributed by atoms with Crippen molar-refractivity contribution in [1.29, 1.82) is 0 Å². The lowest BCUT2D eigenvalue weighted by atomic mass is 10.1. The van der Waals surface area contributed by atoms with Gasteiger partial charge < -0.3 is 9.80 Å². The highest BCUT2D eigenvalue weighted by Gasteiger charge is 2.24. The number of thiophene rings is 1. The molecule has 1 aliphatic rings. The molecule has 6 heteroatoms. The molecule has 0 bridgehead atoms. The summed E-state index contributed by atoms with van der Waals surface area (Å²) in [7, 11) is 1.89. The van der Waals surface area contributed by atoms with Gasteiger partial charge in [0.1, 0.15) is 16.5 Å². The molecule has 1 saturated heterocycles. The van der Waals surface area contributed by atoms with Crippen molar-refractivity contribution >= 4 is 33.3 Å². The third-order valence-electron chi connectivity index (χ3n) is 4.93. The summed E-state index contributed by atoms with van der Waals surface area (Å²) >= 11 is 1.52. The van der Waals surface area contributed by atoms with E-state index in [1.165, 1.54) is 30.6 Å². The first-order chi connectivity index (χ1) is 12.0. The molecule has 1 fully saturated rings. The first kappa shape index (κ1) is 18.1. The first-order valence-electron chi connectivity index (χ1n) is 9.31. The monoisotopic (exact) mass is 360 g/mol. The van der Waals surface area contributed by atoms with Gasteiger partial charge in [0.25, 0.3) is 5.91 Å². The fraction of sp³-hybridized carbons (Fsp3) is 0.632. The molecule has 0 spiro atoms. The summed E-state index contributed by atoms with van der Waals surface area (Å²) < 4.78 is 0. The average molecular weight is 361 g/mol. The van der Waals surface area contributed by atoms with E-state index in [2.05, 4.69) is 16.8 Å². The van der Waals surface area contributed by atoms with E-state index in [9.17, 15) is 4.79 Å². The predicted octanol–water partition coefficient (Wildman–Crippen LogP) is 4.17. The van der Waals surface area contributed by atoms with Crippen molar-refractivity contribution in [3.63, 3.8) is 0 Å². The van der Waals surface area contributed by atoms with Crippen molar-refractivity contribution < 1.29 is 4.79 Å². The number of carbonyl (C=O) groups is 1. The van der Waals surface area contributed by atoms with Gasteiger partial charge in [-0.2, -0.15) is 0 Å². The van der Waals surface area contributed by atoms with Crippen LogP contribution in [0.3, 0.4) is 0 Å². The number of nitrogens with zero attached hydrogens (tertiary/aromatic N) is 4. The van der Waals surface area contributed by atoms with Crippen LogP contribution < -0.4 is 4.90 Å². The minimum Gasteiger partial charge on any atom is -0.356 e. The maximum Gasteiger partial charge on any atom is 0.264 e. The molecule has 3 rings (SSSR count). The molecule has 3 heterocycles. The SMILES string of the molecule is CCCCN(C)C(=O)c1sc2nc(C)nc(N3CCCCC3)c2c1C. The number of aryl methyl sites for hydroxylation is 2. The molecular weight excluding hydrogens is 332 g/mol. The molecule has 2 aromatic rings. The molecule has 0 aromatic carbocycles. The normalized spacial score (nSPS) is 15.0. The summed E-state index contributed by atoms with van der Waals surface area (Å²) in [5.41, 5.74) is 1.04. The molecular formula is C19H28N4OS. The largest absolute Gasteiger partial charge is 0.356 e. The van der Waals surface area contributed by atoms with Gasteiger partial charge in [-0.25, -0.2) is 9.97 Å². The summed E-state index contributed by atoms with van der Waals surface area (Å²) in [5.74, 6) is 1.91. The fourth-order valence-electron chi connectivity index (χ4n) is 3.43. The molecule has 0 N–H and O–H groups in total. The number of hydrogen-bond donors (Lipinski definition) is 0. The molecule has 5 nitrogen and oxygen atoms in total. The Hall–Kier alpha value is -1.69. The van der Waals surface area contributed by atoms with Gasteiger partial charge in [0, 0.05) is 26.7 Å². The number of hydrogen-bond acceptors (Lipinski definition) is 5. The van der Waals surface area contributed by atoms with Crippen LogP contribution in [-0.4, -0.2) is 47.5 Å². The van der Waals surface area contributed by atoms with E-state index >= 15 is 0 Å². The van der Waals surface area contributed by atoms with Crippen LogP contribution in [0.25, 0.3) is 10.2 Å². The molecule has 0 unspecified atom stereocenters. The van der Waals surface area contributed by atoms with Gasteiger partial charge in [-0.1, -0.05) is 13.3 Å². The van der Waals surface area contributed by atoms with Gasteiger partial charge in [-0.15, -0.1) is 11.3 Å². The average Bonchev–Trinajstić information content (AvgIpc) is 2.95. The van der Waals surface area contributed by atoms with E-state index in [-0.39, 0.29) is 5.91 Å². The third kappa shape index (κ3) is 3.64. The van der Waals surface area contributed by atoms with Crippen LogP contribution in [0.5, 0.6) is 0 Å². The highest BCUT2D eigenvalue weighted by molar-refractivity contribution is 7.20. The number of rotatable bonds is 5. The smallest absolute Gasteiger partial charge is 0.264 e. The second kappa shape index (κ2) is 7.68. The van der Waals surface area contributed by atoms with Crippen LogP contribution in [0.4, 0.5) is 5.82 Å². The Morgan fingerprint density at radius 3 is 2.60 bits per heavy atom. The summed E-state index contributed by atoms with van der Waals surface area (Å²) in [6, 6.07) is 0. The van der Waals surface area contributed by atoms with E-state index in [1.807, 2.05) is 25.8 Å². The molecule has 1 aliphatic heterocycles. The Balaban J connectivity index is 2.02. The van der Waals surface area contributed by atoms with E-state index in [0.29, 0.717) is 0 Å². The fourth-order valence-corrected chi connectivity index (χ4v) is 4.65. The van der Waals surface area contributed by atoms with Crippen LogP contribution in [0.2, 0.25) is 0 Å². The molecule has 2 aromatic heterocycles. The second-order valence-corrected chi connectivity index (χ2v) is 7.96. The van der Waals surface area contributed by atoms with Crippen molar-refractivity contribution in [2.24, 2.45) is 0 Å². The van der Waals surface area contributed by atoms with Crippen molar-refractivity contribution in [2.45, 2.75) is 52.9 Å². The highest BCUT2D eigenvalue weighted by atomic mass is 32.1. The summed E-state index contributed by atoms with van der Waals surface area (Å²) in [5, 5.41) is 1.07. The molecule has 25 heavy (non-hydrogen) atoms. The highest BCUT2D eigenvalue weighted by Crippen LogP contribution is 2.36. The Labute approximate surface area is 154 Å². The zero-order valence-electron chi connectivity index (χ0n) is 15.8. The van der Waals surface area contributed by atoms with Gasteiger partial charge >= 0.3 is 0 Å². The van der Waals surface area contributed by atoms with Gasteiger partial charge in [0.15, 0.2) is 0 Å². The van der Waals surface area contributed by atoms with E-state index in [4.69, 9.17) is 4.98 Å². The van der Waals surface area contributed by atoms with Crippen LogP contribution >= 0.6 is 11.3 Å². The molecule has 0 aliphatic carbocycles. The van der Waals surface area contributed by atoms with Crippen molar-refractivity contribution in [2.75, 3.05) is 31.6 Å². The van der Waals surface area contributed by atoms with Crippen LogP contribution in [-0.2, 0) is 0 Å². The van der Waals surface area contributed by atoms with Crippen LogP contribution in [0.1, 0.15) is 60.1 Å². The number of unbranched alkanes of at least 4 members (excludes halogenated alkanes) is 1. The van der Waals surface area contributed by atoms with Gasteiger partial charge in [0.2, 0.25) is 0 Å². The van der Waals surface area contributed by atoms with Gasteiger partial charge in [-0.05, 0) is 45.1 Å². The minimum absolute atomic E-state index is 0.108. The lowest BCUT2D eigenvalue weighted by Gasteiger charge is -2.28. The van der Waals surface area contributed by atoms with Gasteiger partial charge in [0.05, 0.1) is 10.3 Å². The first-order valence-corrected chi connectivity index (χ1v) is 10.1. The quantitative estimate of drug-likeness (QED) is 0.803. The lowest BCUT2D eigenvalue weighted by Crippen LogP contribution is -2.30. The Kier molecular flexibility index (Phi) is 5.57. The Bertz CT molecular complexity index is 764. The van der Waals surface area contributed by atoms with Crippen LogP contribution in [0.15, 0.2) is 0 Å². The zero-order chi connectivity index (χ0) is 18.0. The third-order valence-corrected chi connectivity index (χ3v) is 6.10. The molecule has 0 atom stereocenters. The van der Waals surface area contributed by atoms with Crippen LogP contribution in [0, 0.1) is 13.8 Å². The van der Waals surface area contributed by atoms with E-state index in [0.717, 1.165) is 64.8 Å². The number of piperidine rings is 1. The summed E-state index contributed by atoms with van der Waals surface area (Å²) in [4.78, 5) is 28.2. The van der Waals surface area contributed by atoms with Crippen molar-refractivity contribution in [3.05, 3.63) is 16.3 Å². The van der Waals surface area contributed by atoms with Crippen molar-refractivity contribution in [3.8, 4) is 0 Å². The maximum atomic E-state index is 12.9. The molecule has 0 saturated carbocycles. The van der Waals surface area contributed by atoms with E-state index in [1.54, 1.807) is 0 Å². The summed E-state index contributed by atoms with van der Waals surface area (Å²) in [6.07, 6.45) is 5.83. The molecule has 136 valence electrons. The molecule has 0 radical (unpaired) electrons. The minimum atomic E-state index is 0.108. The zero-order valence-corrected chi connectivity index (χ0v) is 16.6. The Morgan fingerprint density at radius 1 is 1.20 bits per heavy atom.